The molecule has 0 radical (unpaired) electrons. The maximum absolute atomic E-state index is 6.63. The Morgan fingerprint density at radius 1 is 1.26 bits per heavy atom. The first-order valence-corrected chi connectivity index (χ1v) is 7.56. The number of rotatable bonds is 3. The lowest BCUT2D eigenvalue weighted by molar-refractivity contribution is 0.133. The highest BCUT2D eigenvalue weighted by molar-refractivity contribution is 5.19. The smallest absolute Gasteiger partial charge is 0.0253 e. The molecule has 1 aromatic rings. The number of likely N-dealkylation sites (tertiary alicyclic amines) is 1. The number of benzene rings is 1. The molecule has 2 fully saturated rings. The van der Waals surface area contributed by atoms with E-state index in [0.717, 1.165) is 6.54 Å². The van der Waals surface area contributed by atoms with E-state index in [2.05, 4.69) is 49.1 Å². The largest absolute Gasteiger partial charge is 0.324 e. The van der Waals surface area contributed by atoms with Crippen LogP contribution in [0.1, 0.15) is 38.7 Å². The molecule has 1 aromatic carbocycles. The van der Waals surface area contributed by atoms with Crippen molar-refractivity contribution in [2.24, 2.45) is 17.1 Å². The van der Waals surface area contributed by atoms with Crippen LogP contribution in [0.25, 0.3) is 0 Å². The van der Waals surface area contributed by atoms with Crippen molar-refractivity contribution in [3.63, 3.8) is 0 Å². The summed E-state index contributed by atoms with van der Waals surface area (Å²) < 4.78 is 0. The highest BCUT2D eigenvalue weighted by Gasteiger charge is 2.62. The molecule has 0 amide bonds. The van der Waals surface area contributed by atoms with Crippen LogP contribution < -0.4 is 5.73 Å². The molecule has 2 atom stereocenters. The highest BCUT2D eigenvalue weighted by Crippen LogP contribution is 2.59. The Hall–Kier alpha value is -0.860. The number of hydrogen-bond donors (Lipinski definition) is 1. The summed E-state index contributed by atoms with van der Waals surface area (Å²) in [4.78, 5) is 2.59. The van der Waals surface area contributed by atoms with Gasteiger partial charge >= 0.3 is 0 Å². The summed E-state index contributed by atoms with van der Waals surface area (Å²) in [5.41, 5.74) is 8.50. The molecule has 1 heterocycles. The third-order valence-corrected chi connectivity index (χ3v) is 5.35. The summed E-state index contributed by atoms with van der Waals surface area (Å²) in [6, 6.07) is 10.8. The summed E-state index contributed by atoms with van der Waals surface area (Å²) in [6.45, 7) is 8.12. The Morgan fingerprint density at radius 2 is 1.95 bits per heavy atom. The Labute approximate surface area is 117 Å². The van der Waals surface area contributed by atoms with Crippen LogP contribution in [0.15, 0.2) is 30.3 Å². The third-order valence-electron chi connectivity index (χ3n) is 5.35. The summed E-state index contributed by atoms with van der Waals surface area (Å²) in [7, 11) is 0. The van der Waals surface area contributed by atoms with Gasteiger partial charge in [-0.3, -0.25) is 4.90 Å². The van der Waals surface area contributed by atoms with Crippen molar-refractivity contribution in [3.05, 3.63) is 35.9 Å². The zero-order valence-corrected chi connectivity index (χ0v) is 12.2. The first-order chi connectivity index (χ1) is 9.01. The van der Waals surface area contributed by atoms with Gasteiger partial charge in [0.2, 0.25) is 0 Å². The predicted molar refractivity (Wildman–Crippen MR) is 79.8 cm³/mol. The van der Waals surface area contributed by atoms with Gasteiger partial charge in [0.15, 0.2) is 0 Å². The number of piperidine rings is 1. The van der Waals surface area contributed by atoms with Crippen LogP contribution in [0, 0.1) is 11.3 Å². The van der Waals surface area contributed by atoms with E-state index in [9.17, 15) is 0 Å². The number of nitrogens with two attached hydrogens (primary N) is 1. The van der Waals surface area contributed by atoms with Gasteiger partial charge in [-0.2, -0.15) is 0 Å². The Balaban J connectivity index is 1.63. The topological polar surface area (TPSA) is 29.3 Å². The molecule has 1 aliphatic heterocycles. The van der Waals surface area contributed by atoms with Crippen molar-refractivity contribution >= 4 is 0 Å². The van der Waals surface area contributed by atoms with Crippen molar-refractivity contribution in [2.75, 3.05) is 13.1 Å². The minimum absolute atomic E-state index is 0.0996. The van der Waals surface area contributed by atoms with E-state index in [1.807, 2.05) is 0 Å². The van der Waals surface area contributed by atoms with Crippen LogP contribution in [0.4, 0.5) is 0 Å². The maximum atomic E-state index is 6.63. The molecular weight excluding hydrogens is 232 g/mol. The second-order valence-electron chi connectivity index (χ2n) is 7.16. The highest BCUT2D eigenvalue weighted by atomic mass is 15.1. The van der Waals surface area contributed by atoms with Crippen molar-refractivity contribution in [2.45, 2.75) is 45.2 Å². The molecule has 1 aliphatic carbocycles. The lowest BCUT2D eigenvalue weighted by Gasteiger charge is -2.37. The first-order valence-electron chi connectivity index (χ1n) is 7.56. The molecule has 1 saturated carbocycles. The third kappa shape index (κ3) is 2.44. The summed E-state index contributed by atoms with van der Waals surface area (Å²) in [6.07, 6.45) is 3.81. The van der Waals surface area contributed by atoms with Gasteiger partial charge in [-0.05, 0) is 42.7 Å². The summed E-state index contributed by atoms with van der Waals surface area (Å²) in [5.74, 6) is 0.681. The molecular formula is C17H26N2. The molecule has 2 unspecified atom stereocenters. The Morgan fingerprint density at radius 3 is 2.58 bits per heavy atom. The average molecular weight is 258 g/mol. The van der Waals surface area contributed by atoms with Gasteiger partial charge < -0.3 is 5.73 Å². The molecule has 3 rings (SSSR count). The predicted octanol–water partition coefficient (Wildman–Crippen LogP) is 3.03. The second-order valence-corrected chi connectivity index (χ2v) is 7.16. The molecule has 0 spiro atoms. The van der Waals surface area contributed by atoms with Crippen LogP contribution >= 0.6 is 0 Å². The molecule has 2 nitrogen and oxygen atoms in total. The maximum Gasteiger partial charge on any atom is 0.0253 e. The van der Waals surface area contributed by atoms with Crippen LogP contribution in [-0.2, 0) is 6.54 Å². The lowest BCUT2D eigenvalue weighted by atomic mass is 9.84. The fraction of sp³-hybridized carbons (Fsp3) is 0.647. The molecule has 2 heteroatoms. The van der Waals surface area contributed by atoms with E-state index in [-0.39, 0.29) is 5.54 Å². The van der Waals surface area contributed by atoms with Crippen molar-refractivity contribution in [1.29, 1.82) is 0 Å². The van der Waals surface area contributed by atoms with Crippen molar-refractivity contribution in [3.8, 4) is 0 Å². The van der Waals surface area contributed by atoms with Gasteiger partial charge in [-0.15, -0.1) is 0 Å². The summed E-state index contributed by atoms with van der Waals surface area (Å²) >= 11 is 0. The van der Waals surface area contributed by atoms with Crippen LogP contribution in [0.3, 0.4) is 0 Å². The van der Waals surface area contributed by atoms with Gasteiger partial charge in [0.25, 0.3) is 0 Å². The average Bonchev–Trinajstić information content (AvgIpc) is 2.92. The minimum atomic E-state index is 0.0996. The normalized spacial score (nSPS) is 34.2. The zero-order chi connectivity index (χ0) is 13.5. The van der Waals surface area contributed by atoms with Gasteiger partial charge in [-0.1, -0.05) is 44.2 Å². The van der Waals surface area contributed by atoms with Gasteiger partial charge in [0, 0.05) is 18.6 Å². The first kappa shape index (κ1) is 13.1. The van der Waals surface area contributed by atoms with E-state index in [0.29, 0.717) is 11.3 Å². The molecule has 1 saturated heterocycles. The fourth-order valence-electron chi connectivity index (χ4n) is 3.85. The SMILES string of the molecule is CC1(C)CC1(N)C1CCCN(Cc2ccccc2)C1. The summed E-state index contributed by atoms with van der Waals surface area (Å²) in [5, 5.41) is 0. The molecule has 0 bridgehead atoms. The molecule has 104 valence electrons. The van der Waals surface area contributed by atoms with E-state index >= 15 is 0 Å². The Bertz CT molecular complexity index is 440. The van der Waals surface area contributed by atoms with Crippen molar-refractivity contribution < 1.29 is 0 Å². The lowest BCUT2D eigenvalue weighted by Crippen LogP contribution is -2.47. The van der Waals surface area contributed by atoms with Crippen LogP contribution in [0.2, 0.25) is 0 Å². The monoisotopic (exact) mass is 258 g/mol. The zero-order valence-electron chi connectivity index (χ0n) is 12.2. The van der Waals surface area contributed by atoms with Crippen LogP contribution in [0.5, 0.6) is 0 Å². The van der Waals surface area contributed by atoms with Crippen molar-refractivity contribution in [1.82, 2.24) is 4.90 Å². The standard InChI is InChI=1S/C17H26N2/c1-16(2)13-17(16,18)15-9-6-10-19(12-15)11-14-7-4-3-5-8-14/h3-5,7-8,15H,6,9-13,18H2,1-2H3. The van der Waals surface area contributed by atoms with Gasteiger partial charge in [0.05, 0.1) is 0 Å². The fourth-order valence-corrected chi connectivity index (χ4v) is 3.85. The van der Waals surface area contributed by atoms with Gasteiger partial charge in [0.1, 0.15) is 0 Å². The number of nitrogens with zero attached hydrogens (tertiary/aromatic N) is 1. The molecule has 19 heavy (non-hydrogen) atoms. The quantitative estimate of drug-likeness (QED) is 0.903. The van der Waals surface area contributed by atoms with Gasteiger partial charge in [-0.25, -0.2) is 0 Å². The molecule has 2 aliphatic rings. The van der Waals surface area contributed by atoms with Crippen LogP contribution in [-0.4, -0.2) is 23.5 Å². The molecule has 2 N–H and O–H groups in total. The van der Waals surface area contributed by atoms with E-state index in [1.165, 1.54) is 37.9 Å². The number of hydrogen-bond acceptors (Lipinski definition) is 2. The Kier molecular flexibility index (Phi) is 3.18. The van der Waals surface area contributed by atoms with E-state index in [1.54, 1.807) is 0 Å². The molecule has 0 aromatic heterocycles. The minimum Gasteiger partial charge on any atom is -0.324 e. The van der Waals surface area contributed by atoms with E-state index in [4.69, 9.17) is 5.73 Å². The van der Waals surface area contributed by atoms with E-state index < -0.39 is 0 Å². The second kappa shape index (κ2) is 4.60.